The highest BCUT2D eigenvalue weighted by atomic mass is 16.5. The number of fused-ring (bicyclic) bond motifs is 1. The van der Waals surface area contributed by atoms with Crippen LogP contribution in [-0.2, 0) is 16.0 Å². The third-order valence-electron chi connectivity index (χ3n) is 8.59. The number of carbonyl (C=O) groups is 1. The third kappa shape index (κ3) is 5.92. The number of aromatic nitrogens is 4. The summed E-state index contributed by atoms with van der Waals surface area (Å²) in [6, 6.07) is 9.38. The van der Waals surface area contributed by atoms with Gasteiger partial charge in [0, 0.05) is 36.9 Å². The minimum absolute atomic E-state index is 0.0802. The first-order chi connectivity index (χ1) is 21.0. The fourth-order valence-corrected chi connectivity index (χ4v) is 6.07. The number of aryl methyl sites for hydroxylation is 2. The fourth-order valence-electron chi connectivity index (χ4n) is 6.07. The summed E-state index contributed by atoms with van der Waals surface area (Å²) in [6.07, 6.45) is 4.41. The molecule has 2 aliphatic rings. The van der Waals surface area contributed by atoms with Gasteiger partial charge in [-0.1, -0.05) is 0 Å². The van der Waals surface area contributed by atoms with Crippen LogP contribution in [-0.4, -0.2) is 89.2 Å². The van der Waals surface area contributed by atoms with Gasteiger partial charge < -0.3 is 33.7 Å². The van der Waals surface area contributed by atoms with Crippen molar-refractivity contribution in [3.8, 4) is 23.0 Å². The lowest BCUT2D eigenvalue weighted by Crippen LogP contribution is -2.51. The maximum absolute atomic E-state index is 14.5. The van der Waals surface area contributed by atoms with E-state index in [4.69, 9.17) is 23.9 Å². The van der Waals surface area contributed by atoms with E-state index in [9.17, 15) is 4.79 Å². The Hall–Kier alpha value is -4.09. The average Bonchev–Trinajstić information content (AvgIpc) is 3.68. The smallest absolute Gasteiger partial charge is 0.321 e. The van der Waals surface area contributed by atoms with Crippen LogP contribution in [0, 0.1) is 13.8 Å². The number of amides is 2. The zero-order chi connectivity index (χ0) is 29.9. The van der Waals surface area contributed by atoms with Gasteiger partial charge in [-0.05, 0) is 68.5 Å². The van der Waals surface area contributed by atoms with Crippen LogP contribution in [0.5, 0.6) is 11.5 Å². The third-order valence-corrected chi connectivity index (χ3v) is 8.59. The van der Waals surface area contributed by atoms with E-state index >= 15 is 0 Å². The van der Waals surface area contributed by atoms with Crippen LogP contribution in [0.2, 0.25) is 0 Å². The van der Waals surface area contributed by atoms with Gasteiger partial charge in [0.25, 0.3) is 0 Å². The van der Waals surface area contributed by atoms with Gasteiger partial charge >= 0.3 is 6.03 Å². The molecule has 2 aliphatic heterocycles. The van der Waals surface area contributed by atoms with Gasteiger partial charge in [0.2, 0.25) is 0 Å². The number of H-pyrrole nitrogens is 2. The van der Waals surface area contributed by atoms with Crippen molar-refractivity contribution < 1.29 is 23.7 Å². The minimum Gasteiger partial charge on any atom is -0.497 e. The molecule has 2 N–H and O–H groups in total. The zero-order valence-corrected chi connectivity index (χ0v) is 25.3. The Morgan fingerprint density at radius 2 is 1.91 bits per heavy atom. The summed E-state index contributed by atoms with van der Waals surface area (Å²) >= 11 is 0. The summed E-state index contributed by atoms with van der Waals surface area (Å²) in [7, 11) is 3.26. The molecular weight excluding hydrogens is 548 g/mol. The number of rotatable bonds is 8. The first-order valence-corrected chi connectivity index (χ1v) is 14.9. The Bertz CT molecular complexity index is 1530. The van der Waals surface area contributed by atoms with E-state index in [0.29, 0.717) is 56.8 Å². The molecule has 2 aromatic heterocycles. The van der Waals surface area contributed by atoms with Gasteiger partial charge in [0.05, 0.1) is 63.4 Å². The molecule has 43 heavy (non-hydrogen) atoms. The normalized spacial score (nSPS) is 18.0. The van der Waals surface area contributed by atoms with Crippen molar-refractivity contribution in [1.82, 2.24) is 30.0 Å². The predicted octanol–water partition coefficient (Wildman–Crippen LogP) is 5.15. The number of nitrogens with zero attached hydrogens (tertiary/aromatic N) is 4. The quantitative estimate of drug-likeness (QED) is 0.292. The molecule has 0 saturated carbocycles. The van der Waals surface area contributed by atoms with Crippen LogP contribution < -0.4 is 9.47 Å². The Morgan fingerprint density at radius 3 is 2.65 bits per heavy atom. The van der Waals surface area contributed by atoms with Gasteiger partial charge in [0.15, 0.2) is 5.82 Å². The minimum atomic E-state index is -0.437. The van der Waals surface area contributed by atoms with Gasteiger partial charge in [-0.2, -0.15) is 5.10 Å². The molecule has 2 amide bonds. The maximum Gasteiger partial charge on any atom is 0.321 e. The number of methoxy groups -OCH3 is 2. The second-order valence-corrected chi connectivity index (χ2v) is 11.3. The molecule has 0 radical (unpaired) electrons. The van der Waals surface area contributed by atoms with E-state index in [1.54, 1.807) is 14.2 Å². The summed E-state index contributed by atoms with van der Waals surface area (Å²) in [4.78, 5) is 26.7. The SMILES string of the molecule is COc1ccc(CN(C(=O)N2CCOCC2)C(c2cn[nH]c2-c2nc3cc(C)c(C)cc3[nH]2)C2CCCCO2)c(OC)c1. The standard InChI is InChI=1S/C32H40N6O5/c1-20-15-25-26(16-21(20)2)35-31(34-25)29-24(18-33-36-29)30(27-7-5-6-12-43-27)38(32(39)37-10-13-42-14-11-37)19-22-8-9-23(40-3)17-28(22)41-4/h8-9,15-18,27,30H,5-7,10-14,19H2,1-4H3,(H,33,36)(H,34,35). The van der Waals surface area contributed by atoms with Crippen molar-refractivity contribution in [2.45, 2.75) is 51.8 Å². The molecule has 0 aliphatic carbocycles. The summed E-state index contributed by atoms with van der Waals surface area (Å²) in [5.41, 5.74) is 6.67. The van der Waals surface area contributed by atoms with Crippen molar-refractivity contribution in [2.24, 2.45) is 0 Å². The molecule has 11 heteroatoms. The van der Waals surface area contributed by atoms with Crippen molar-refractivity contribution in [3.05, 3.63) is 58.8 Å². The number of benzene rings is 2. The number of aromatic amines is 2. The molecule has 2 unspecified atom stereocenters. The number of hydrogen-bond donors (Lipinski definition) is 2. The van der Waals surface area contributed by atoms with Crippen molar-refractivity contribution in [3.63, 3.8) is 0 Å². The Balaban J connectivity index is 1.46. The molecule has 4 heterocycles. The second kappa shape index (κ2) is 12.6. The molecule has 2 aromatic carbocycles. The maximum atomic E-state index is 14.5. The zero-order valence-electron chi connectivity index (χ0n) is 25.3. The number of morpholine rings is 1. The lowest BCUT2D eigenvalue weighted by atomic mass is 9.93. The highest BCUT2D eigenvalue weighted by Gasteiger charge is 2.39. The number of ether oxygens (including phenoxy) is 4. The highest BCUT2D eigenvalue weighted by molar-refractivity contribution is 5.81. The lowest BCUT2D eigenvalue weighted by Gasteiger charge is -2.41. The summed E-state index contributed by atoms with van der Waals surface area (Å²) in [6.45, 7) is 7.18. The predicted molar refractivity (Wildman–Crippen MR) is 162 cm³/mol. The van der Waals surface area contributed by atoms with Gasteiger partial charge in [0.1, 0.15) is 17.2 Å². The van der Waals surface area contributed by atoms with E-state index < -0.39 is 6.04 Å². The summed E-state index contributed by atoms with van der Waals surface area (Å²) in [5.74, 6) is 2.01. The van der Waals surface area contributed by atoms with Crippen LogP contribution in [0.4, 0.5) is 4.79 Å². The van der Waals surface area contributed by atoms with Gasteiger partial charge in [-0.15, -0.1) is 0 Å². The molecule has 2 atom stereocenters. The Morgan fingerprint density at radius 1 is 1.09 bits per heavy atom. The molecule has 2 saturated heterocycles. The summed E-state index contributed by atoms with van der Waals surface area (Å²) in [5, 5.41) is 7.68. The first-order valence-electron chi connectivity index (χ1n) is 14.9. The van der Waals surface area contributed by atoms with E-state index in [-0.39, 0.29) is 12.1 Å². The molecule has 2 fully saturated rings. The van der Waals surface area contributed by atoms with E-state index in [2.05, 4.69) is 41.2 Å². The van der Waals surface area contributed by atoms with Crippen molar-refractivity contribution in [1.29, 1.82) is 0 Å². The summed E-state index contributed by atoms with van der Waals surface area (Å²) < 4.78 is 23.2. The lowest BCUT2D eigenvalue weighted by molar-refractivity contribution is -0.0415. The monoisotopic (exact) mass is 588 g/mol. The fraction of sp³-hybridized carbons (Fsp3) is 0.469. The second-order valence-electron chi connectivity index (χ2n) is 11.3. The Labute approximate surface area is 251 Å². The highest BCUT2D eigenvalue weighted by Crippen LogP contribution is 2.39. The average molecular weight is 589 g/mol. The van der Waals surface area contributed by atoms with Crippen LogP contribution in [0.1, 0.15) is 47.6 Å². The van der Waals surface area contributed by atoms with Crippen LogP contribution in [0.25, 0.3) is 22.6 Å². The number of carbonyl (C=O) groups excluding carboxylic acids is 1. The van der Waals surface area contributed by atoms with E-state index in [0.717, 1.165) is 47.1 Å². The van der Waals surface area contributed by atoms with Crippen LogP contribution in [0.15, 0.2) is 36.5 Å². The topological polar surface area (TPSA) is 118 Å². The van der Waals surface area contributed by atoms with Gasteiger partial charge in [-0.25, -0.2) is 9.78 Å². The molecule has 228 valence electrons. The van der Waals surface area contributed by atoms with Crippen LogP contribution >= 0.6 is 0 Å². The van der Waals surface area contributed by atoms with Crippen molar-refractivity contribution >= 4 is 17.1 Å². The molecule has 0 bridgehead atoms. The van der Waals surface area contributed by atoms with Crippen LogP contribution in [0.3, 0.4) is 0 Å². The molecule has 4 aromatic rings. The largest absolute Gasteiger partial charge is 0.497 e. The van der Waals surface area contributed by atoms with Gasteiger partial charge in [-0.3, -0.25) is 5.10 Å². The molecule has 11 nitrogen and oxygen atoms in total. The van der Waals surface area contributed by atoms with E-state index in [1.807, 2.05) is 34.2 Å². The van der Waals surface area contributed by atoms with E-state index in [1.165, 1.54) is 11.1 Å². The molecule has 6 rings (SSSR count). The molecule has 0 spiro atoms. The number of hydrogen-bond acceptors (Lipinski definition) is 7. The number of urea groups is 1. The molecular formula is C32H40N6O5. The number of imidazole rings is 1. The number of nitrogens with one attached hydrogen (secondary N) is 2. The van der Waals surface area contributed by atoms with Crippen molar-refractivity contribution in [2.75, 3.05) is 47.1 Å². The first kappa shape index (κ1) is 29.0. The Kier molecular flexibility index (Phi) is 8.53.